The molecule has 1 unspecified atom stereocenters. The van der Waals surface area contributed by atoms with E-state index in [0.29, 0.717) is 11.0 Å². The molecule has 0 aromatic rings. The fourth-order valence-electron chi connectivity index (χ4n) is 5.92. The molecule has 0 spiro atoms. The van der Waals surface area contributed by atoms with E-state index in [0.717, 1.165) is 44.9 Å². The molecule has 0 aromatic carbocycles. The summed E-state index contributed by atoms with van der Waals surface area (Å²) in [4.78, 5) is 24.9. The Morgan fingerprint density at radius 3 is 1.52 bits per heavy atom. The summed E-state index contributed by atoms with van der Waals surface area (Å²) in [5, 5.41) is 0. The van der Waals surface area contributed by atoms with E-state index in [2.05, 4.69) is 26.0 Å². The molecule has 9 heteroatoms. The van der Waals surface area contributed by atoms with Crippen LogP contribution in [-0.2, 0) is 27.9 Å². The second-order valence-electron chi connectivity index (χ2n) is 15.8. The minimum atomic E-state index is -4.54. The highest BCUT2D eigenvalue weighted by atomic mass is 31.2. The number of likely N-dealkylation sites (N-methyl/N-ethyl adjacent to an activating group) is 1. The van der Waals surface area contributed by atoms with E-state index >= 15 is 0 Å². The maximum absolute atomic E-state index is 12.6. The molecule has 2 atom stereocenters. The van der Waals surface area contributed by atoms with E-state index in [4.69, 9.17) is 18.5 Å². The topological polar surface area (TPSA) is 94.1 Å². The van der Waals surface area contributed by atoms with E-state index in [9.17, 15) is 14.3 Å². The zero-order chi connectivity index (χ0) is 38.4. The average molecular weight is 758 g/mol. The van der Waals surface area contributed by atoms with Crippen molar-refractivity contribution >= 4 is 13.8 Å². The third-order valence-electron chi connectivity index (χ3n) is 9.32. The fraction of sp³-hybridized carbons (Fsp3) is 0.884. The summed E-state index contributed by atoms with van der Waals surface area (Å²) in [6.07, 6.45) is 41.4. The number of hydrogen-bond acceptors (Lipinski definition) is 7. The highest BCUT2D eigenvalue weighted by molar-refractivity contribution is 7.45. The number of phosphoric ester groups is 1. The molecule has 0 aliphatic heterocycles. The number of ether oxygens (including phenoxy) is 2. The number of allylic oxidation sites excluding steroid dienone is 3. The summed E-state index contributed by atoms with van der Waals surface area (Å²) in [7, 11) is 1.32. The molecule has 0 aromatic heterocycles. The molecule has 0 bridgehead atoms. The zero-order valence-electron chi connectivity index (χ0n) is 34.8. The van der Waals surface area contributed by atoms with E-state index < -0.39 is 13.9 Å². The first-order valence-electron chi connectivity index (χ1n) is 21.6. The molecule has 0 heterocycles. The number of hydrogen-bond donors (Lipinski definition) is 0. The van der Waals surface area contributed by atoms with Gasteiger partial charge in [0.1, 0.15) is 19.8 Å². The van der Waals surface area contributed by atoms with Crippen molar-refractivity contribution in [3.63, 3.8) is 0 Å². The summed E-state index contributed by atoms with van der Waals surface area (Å²) in [6.45, 7) is 4.71. The molecular formula is C43H84NO7P. The summed E-state index contributed by atoms with van der Waals surface area (Å²) in [6, 6.07) is 0. The number of carbonyl (C=O) groups is 1. The Balaban J connectivity index is 4.25. The molecule has 0 fully saturated rings. The summed E-state index contributed by atoms with van der Waals surface area (Å²) in [5.74, 6) is -0.365. The number of carbonyl (C=O) groups excluding carboxylic acids is 1. The standard InChI is InChI=1S/C43H84NO7P/c1-6-8-10-12-14-16-18-20-21-22-23-24-25-27-29-31-33-35-38-48-40-42(41-50-52(46,47)49-39-37-44(3,4)5)51-43(45)36-34-32-30-28-26-19-17-15-13-11-9-7-2/h15,17,35,38,42H,6-14,16,18-34,36-37,39-41H2,1-5H3/b17-15-,38-35-/t42-/m1/s1. The highest BCUT2D eigenvalue weighted by Crippen LogP contribution is 2.38. The van der Waals surface area contributed by atoms with Gasteiger partial charge in [-0.2, -0.15) is 0 Å². The van der Waals surface area contributed by atoms with Gasteiger partial charge in [-0.05, 0) is 51.0 Å². The second-order valence-corrected chi connectivity index (χ2v) is 17.2. The van der Waals surface area contributed by atoms with Crippen LogP contribution in [0.1, 0.15) is 194 Å². The minimum Gasteiger partial charge on any atom is -0.756 e. The molecule has 0 rings (SSSR count). The smallest absolute Gasteiger partial charge is 0.306 e. The number of nitrogens with zero attached hydrogens (tertiary/aromatic N) is 1. The van der Waals surface area contributed by atoms with E-state index in [1.54, 1.807) is 6.26 Å². The molecule has 0 amide bonds. The van der Waals surface area contributed by atoms with Gasteiger partial charge in [0, 0.05) is 6.42 Å². The molecule has 0 aliphatic carbocycles. The predicted molar refractivity (Wildman–Crippen MR) is 217 cm³/mol. The van der Waals surface area contributed by atoms with Crippen molar-refractivity contribution in [2.24, 2.45) is 0 Å². The van der Waals surface area contributed by atoms with Gasteiger partial charge in [0.2, 0.25) is 0 Å². The lowest BCUT2D eigenvalue weighted by molar-refractivity contribution is -0.870. The highest BCUT2D eigenvalue weighted by Gasteiger charge is 2.20. The van der Waals surface area contributed by atoms with Crippen LogP contribution >= 0.6 is 7.82 Å². The van der Waals surface area contributed by atoms with Crippen molar-refractivity contribution in [2.45, 2.75) is 200 Å². The van der Waals surface area contributed by atoms with Crippen molar-refractivity contribution in [1.29, 1.82) is 0 Å². The van der Waals surface area contributed by atoms with Crippen LogP contribution in [0.3, 0.4) is 0 Å². The quantitative estimate of drug-likeness (QED) is 0.0153. The average Bonchev–Trinajstić information content (AvgIpc) is 3.09. The maximum Gasteiger partial charge on any atom is 0.306 e. The van der Waals surface area contributed by atoms with Gasteiger partial charge < -0.3 is 27.9 Å². The first-order chi connectivity index (χ1) is 25.1. The Kier molecular flexibility index (Phi) is 35.9. The number of unbranched alkanes of at least 4 members (excludes halogenated alkanes) is 24. The van der Waals surface area contributed by atoms with E-state index in [-0.39, 0.29) is 32.2 Å². The second kappa shape index (κ2) is 36.8. The third-order valence-corrected chi connectivity index (χ3v) is 10.3. The van der Waals surface area contributed by atoms with Gasteiger partial charge in [0.15, 0.2) is 6.10 Å². The maximum atomic E-state index is 12.6. The Morgan fingerprint density at radius 2 is 1.02 bits per heavy atom. The molecule has 0 aliphatic rings. The summed E-state index contributed by atoms with van der Waals surface area (Å²) < 4.78 is 34.3. The summed E-state index contributed by atoms with van der Waals surface area (Å²) >= 11 is 0. The van der Waals surface area contributed by atoms with Gasteiger partial charge in [0.05, 0.1) is 34.0 Å². The Morgan fingerprint density at radius 1 is 0.596 bits per heavy atom. The Hall–Kier alpha value is -1.18. The molecule has 0 saturated heterocycles. The van der Waals surface area contributed by atoms with Crippen LogP contribution in [0.25, 0.3) is 0 Å². The first-order valence-corrected chi connectivity index (χ1v) is 23.1. The monoisotopic (exact) mass is 758 g/mol. The van der Waals surface area contributed by atoms with Crippen LogP contribution in [0.5, 0.6) is 0 Å². The molecule has 0 saturated carbocycles. The number of quaternary nitrogens is 1. The third kappa shape index (κ3) is 40.0. The molecule has 0 radical (unpaired) electrons. The van der Waals surface area contributed by atoms with Crippen LogP contribution < -0.4 is 4.89 Å². The first kappa shape index (κ1) is 50.8. The molecule has 308 valence electrons. The molecule has 0 N–H and O–H groups in total. The normalized spacial score (nSPS) is 14.0. The van der Waals surface area contributed by atoms with E-state index in [1.807, 2.05) is 27.2 Å². The Labute approximate surface area is 322 Å². The van der Waals surface area contributed by atoms with Gasteiger partial charge in [-0.3, -0.25) is 9.36 Å². The lowest BCUT2D eigenvalue weighted by Crippen LogP contribution is -2.37. The van der Waals surface area contributed by atoms with Crippen molar-refractivity contribution in [3.05, 3.63) is 24.5 Å². The lowest BCUT2D eigenvalue weighted by Gasteiger charge is -2.28. The molecule has 52 heavy (non-hydrogen) atoms. The van der Waals surface area contributed by atoms with Gasteiger partial charge >= 0.3 is 5.97 Å². The number of rotatable bonds is 40. The number of esters is 1. The van der Waals surface area contributed by atoms with Gasteiger partial charge in [-0.25, -0.2) is 0 Å². The predicted octanol–water partition coefficient (Wildman–Crippen LogP) is 12.2. The number of phosphoric acid groups is 1. The largest absolute Gasteiger partial charge is 0.756 e. The van der Waals surface area contributed by atoms with Crippen LogP contribution in [0.4, 0.5) is 0 Å². The lowest BCUT2D eigenvalue weighted by atomic mass is 10.0. The van der Waals surface area contributed by atoms with Crippen molar-refractivity contribution in [1.82, 2.24) is 0 Å². The minimum absolute atomic E-state index is 0.0164. The van der Waals surface area contributed by atoms with Gasteiger partial charge in [-0.1, -0.05) is 154 Å². The molecule has 8 nitrogen and oxygen atoms in total. The van der Waals surface area contributed by atoms with E-state index in [1.165, 1.54) is 128 Å². The van der Waals surface area contributed by atoms with Crippen molar-refractivity contribution in [3.8, 4) is 0 Å². The van der Waals surface area contributed by atoms with Crippen molar-refractivity contribution < 1.29 is 37.3 Å². The van der Waals surface area contributed by atoms with Gasteiger partial charge in [-0.15, -0.1) is 0 Å². The Bertz CT molecular complexity index is 889. The van der Waals surface area contributed by atoms with Crippen LogP contribution in [0.15, 0.2) is 24.5 Å². The van der Waals surface area contributed by atoms with Crippen LogP contribution in [0, 0.1) is 0 Å². The van der Waals surface area contributed by atoms with Crippen LogP contribution in [-0.4, -0.2) is 64.1 Å². The van der Waals surface area contributed by atoms with Crippen LogP contribution in [0.2, 0.25) is 0 Å². The SMILES string of the molecule is CCCCC/C=C\CCCCCCCC(=O)O[C@H](CO/C=C\CCCCCCCCCCCCCCCCCC)COP(=O)([O-])OCC[N+](C)(C)C. The summed E-state index contributed by atoms with van der Waals surface area (Å²) in [5.41, 5.74) is 0. The molecular weight excluding hydrogens is 673 g/mol. The fourth-order valence-corrected chi connectivity index (χ4v) is 6.65. The zero-order valence-corrected chi connectivity index (χ0v) is 35.7. The van der Waals surface area contributed by atoms with Gasteiger partial charge in [0.25, 0.3) is 7.82 Å². The van der Waals surface area contributed by atoms with Crippen molar-refractivity contribution in [2.75, 3.05) is 47.5 Å².